The second kappa shape index (κ2) is 7.10. The first kappa shape index (κ1) is 15.9. The molecule has 1 amide bonds. The summed E-state index contributed by atoms with van der Waals surface area (Å²) in [7, 11) is 1.30. The van der Waals surface area contributed by atoms with E-state index in [1.54, 1.807) is 23.7 Å². The fourth-order valence-corrected chi connectivity index (χ4v) is 2.95. The molecule has 7 heteroatoms. The number of rotatable bonds is 5. The molecule has 0 saturated heterocycles. The van der Waals surface area contributed by atoms with Crippen molar-refractivity contribution in [3.63, 3.8) is 0 Å². The summed E-state index contributed by atoms with van der Waals surface area (Å²) in [6, 6.07) is 10.9. The number of thiophene rings is 1. The third-order valence-corrected chi connectivity index (χ3v) is 4.16. The number of hydrogen-bond donors (Lipinski definition) is 1. The maximum absolute atomic E-state index is 12.1. The van der Waals surface area contributed by atoms with Crippen LogP contribution in [0.5, 0.6) is 5.75 Å². The lowest BCUT2D eigenvalue weighted by molar-refractivity contribution is -0.118. The lowest BCUT2D eigenvalue weighted by Gasteiger charge is -2.09. The van der Waals surface area contributed by atoms with Crippen molar-refractivity contribution in [3.05, 3.63) is 52.9 Å². The van der Waals surface area contributed by atoms with E-state index in [1.807, 2.05) is 24.3 Å². The van der Waals surface area contributed by atoms with Crippen molar-refractivity contribution < 1.29 is 19.1 Å². The fraction of sp³-hybridized carbons (Fsp3) is 0.118. The first-order valence-corrected chi connectivity index (χ1v) is 7.99. The minimum absolute atomic E-state index is 0.188. The number of methoxy groups -OCH3 is 1. The molecule has 0 spiro atoms. The van der Waals surface area contributed by atoms with Gasteiger partial charge in [-0.2, -0.15) is 0 Å². The second-order valence-electron chi connectivity index (χ2n) is 4.82. The minimum atomic E-state index is -0.487. The number of carbonyl (C=O) groups is 2. The van der Waals surface area contributed by atoms with E-state index in [-0.39, 0.29) is 12.5 Å². The maximum atomic E-state index is 12.1. The van der Waals surface area contributed by atoms with Crippen molar-refractivity contribution in [1.29, 1.82) is 0 Å². The van der Waals surface area contributed by atoms with Gasteiger partial charge in [0.1, 0.15) is 16.1 Å². The number of fused-ring (bicyclic) bond motifs is 1. The highest BCUT2D eigenvalue weighted by molar-refractivity contribution is 7.12. The summed E-state index contributed by atoms with van der Waals surface area (Å²) < 4.78 is 10.2. The Labute approximate surface area is 142 Å². The van der Waals surface area contributed by atoms with Crippen molar-refractivity contribution >= 4 is 39.8 Å². The largest absolute Gasteiger partial charge is 0.481 e. The molecule has 0 aliphatic rings. The molecule has 1 aromatic carbocycles. The number of hydrogen-bond acceptors (Lipinski definition) is 6. The zero-order valence-corrected chi connectivity index (χ0v) is 13.6. The third kappa shape index (κ3) is 3.36. The van der Waals surface area contributed by atoms with E-state index in [2.05, 4.69) is 15.0 Å². The Bertz CT molecular complexity index is 886. The second-order valence-corrected chi connectivity index (χ2v) is 5.74. The Morgan fingerprint density at radius 2 is 2.04 bits per heavy atom. The first-order chi connectivity index (χ1) is 11.7. The Morgan fingerprint density at radius 3 is 2.88 bits per heavy atom. The predicted molar refractivity (Wildman–Crippen MR) is 91.5 cm³/mol. The zero-order chi connectivity index (χ0) is 16.9. The van der Waals surface area contributed by atoms with Gasteiger partial charge in [0.05, 0.1) is 12.8 Å². The number of carbonyl (C=O) groups excluding carboxylic acids is 2. The van der Waals surface area contributed by atoms with Crippen LogP contribution in [0, 0.1) is 0 Å². The van der Waals surface area contributed by atoms with Crippen molar-refractivity contribution in [1.82, 2.24) is 4.98 Å². The quantitative estimate of drug-likeness (QED) is 0.721. The SMILES string of the molecule is COC(=O)c1sccc1NC(=O)COc1cccc2cccnc12. The van der Waals surface area contributed by atoms with Crippen molar-refractivity contribution in [2.24, 2.45) is 0 Å². The summed E-state index contributed by atoms with van der Waals surface area (Å²) >= 11 is 1.20. The molecule has 0 fully saturated rings. The summed E-state index contributed by atoms with van der Waals surface area (Å²) in [5, 5.41) is 5.29. The highest BCUT2D eigenvalue weighted by Crippen LogP contribution is 2.24. The molecule has 0 radical (unpaired) electrons. The summed E-state index contributed by atoms with van der Waals surface area (Å²) in [5.41, 5.74) is 1.11. The van der Waals surface area contributed by atoms with Crippen LogP contribution in [0.15, 0.2) is 48.0 Å². The molecule has 3 aromatic rings. The Morgan fingerprint density at radius 1 is 1.21 bits per heavy atom. The van der Waals surface area contributed by atoms with Crippen LogP contribution in [0.4, 0.5) is 5.69 Å². The molecule has 0 aliphatic carbocycles. The monoisotopic (exact) mass is 342 g/mol. The molecule has 0 saturated carbocycles. The number of amides is 1. The van der Waals surface area contributed by atoms with Gasteiger partial charge in [-0.25, -0.2) is 4.79 Å². The summed E-state index contributed by atoms with van der Waals surface area (Å²) in [6.45, 7) is -0.188. The highest BCUT2D eigenvalue weighted by atomic mass is 32.1. The molecule has 24 heavy (non-hydrogen) atoms. The van der Waals surface area contributed by atoms with E-state index in [9.17, 15) is 9.59 Å². The number of ether oxygens (including phenoxy) is 2. The highest BCUT2D eigenvalue weighted by Gasteiger charge is 2.16. The van der Waals surface area contributed by atoms with Crippen molar-refractivity contribution in [3.8, 4) is 5.75 Å². The van der Waals surface area contributed by atoms with Gasteiger partial charge >= 0.3 is 5.97 Å². The Hall–Kier alpha value is -2.93. The van der Waals surface area contributed by atoms with E-state index >= 15 is 0 Å². The van der Waals surface area contributed by atoms with Gasteiger partial charge < -0.3 is 14.8 Å². The van der Waals surface area contributed by atoms with Crippen LogP contribution in [0.2, 0.25) is 0 Å². The van der Waals surface area contributed by atoms with Gasteiger partial charge in [0.2, 0.25) is 0 Å². The number of nitrogens with one attached hydrogen (secondary N) is 1. The lowest BCUT2D eigenvalue weighted by Crippen LogP contribution is -2.21. The van der Waals surface area contributed by atoms with E-state index in [0.29, 0.717) is 21.8 Å². The average molecular weight is 342 g/mol. The van der Waals surface area contributed by atoms with Gasteiger partial charge in [-0.3, -0.25) is 9.78 Å². The molecule has 0 aliphatic heterocycles. The summed E-state index contributed by atoms with van der Waals surface area (Å²) in [4.78, 5) is 28.3. The van der Waals surface area contributed by atoms with Gasteiger partial charge in [-0.15, -0.1) is 11.3 Å². The Kier molecular flexibility index (Phi) is 4.72. The van der Waals surface area contributed by atoms with Crippen LogP contribution in [-0.2, 0) is 9.53 Å². The van der Waals surface area contributed by atoms with E-state index in [4.69, 9.17) is 4.74 Å². The maximum Gasteiger partial charge on any atom is 0.350 e. The van der Waals surface area contributed by atoms with Gasteiger partial charge in [0, 0.05) is 11.6 Å². The first-order valence-electron chi connectivity index (χ1n) is 7.11. The van der Waals surface area contributed by atoms with E-state index in [0.717, 1.165) is 5.39 Å². The molecule has 3 rings (SSSR count). The minimum Gasteiger partial charge on any atom is -0.481 e. The standard InChI is InChI=1S/C17H14N2O4S/c1-22-17(21)16-12(7-9-24-16)19-14(20)10-23-13-6-2-4-11-5-3-8-18-15(11)13/h2-9H,10H2,1H3,(H,19,20). The molecule has 0 unspecified atom stereocenters. The summed E-state index contributed by atoms with van der Waals surface area (Å²) in [6.07, 6.45) is 1.67. The molecular formula is C17H14N2O4S. The Balaban J connectivity index is 1.68. The van der Waals surface area contributed by atoms with Gasteiger partial charge in [-0.1, -0.05) is 18.2 Å². The molecular weight excluding hydrogens is 328 g/mol. The number of para-hydroxylation sites is 1. The average Bonchev–Trinajstić information content (AvgIpc) is 3.07. The molecule has 0 atom stereocenters. The van der Waals surface area contributed by atoms with Crippen LogP contribution in [0.3, 0.4) is 0 Å². The molecule has 1 N–H and O–H groups in total. The fourth-order valence-electron chi connectivity index (χ4n) is 2.18. The molecule has 0 bridgehead atoms. The normalized spacial score (nSPS) is 10.4. The third-order valence-electron chi connectivity index (χ3n) is 3.26. The topological polar surface area (TPSA) is 77.5 Å². The molecule has 6 nitrogen and oxygen atoms in total. The van der Waals surface area contributed by atoms with E-state index in [1.165, 1.54) is 18.4 Å². The number of aromatic nitrogens is 1. The number of esters is 1. The van der Waals surface area contributed by atoms with Crippen LogP contribution >= 0.6 is 11.3 Å². The van der Waals surface area contributed by atoms with Crippen LogP contribution in [0.25, 0.3) is 10.9 Å². The molecule has 122 valence electrons. The predicted octanol–water partition coefficient (Wildman–Crippen LogP) is 3.10. The molecule has 2 heterocycles. The lowest BCUT2D eigenvalue weighted by atomic mass is 10.2. The van der Waals surface area contributed by atoms with Gasteiger partial charge in [0.15, 0.2) is 6.61 Å². The number of nitrogens with zero attached hydrogens (tertiary/aromatic N) is 1. The number of pyridine rings is 1. The van der Waals surface area contributed by atoms with Crippen molar-refractivity contribution in [2.45, 2.75) is 0 Å². The summed E-state index contributed by atoms with van der Waals surface area (Å²) in [5.74, 6) is -0.326. The van der Waals surface area contributed by atoms with Crippen LogP contribution in [0.1, 0.15) is 9.67 Å². The van der Waals surface area contributed by atoms with Gasteiger partial charge in [0.25, 0.3) is 5.91 Å². The number of benzene rings is 1. The zero-order valence-electron chi connectivity index (χ0n) is 12.8. The van der Waals surface area contributed by atoms with Crippen LogP contribution in [-0.4, -0.2) is 30.6 Å². The molecule has 2 aromatic heterocycles. The van der Waals surface area contributed by atoms with Crippen molar-refractivity contribution in [2.75, 3.05) is 19.0 Å². The van der Waals surface area contributed by atoms with E-state index < -0.39 is 5.97 Å². The van der Waals surface area contributed by atoms with Crippen LogP contribution < -0.4 is 10.1 Å². The smallest absolute Gasteiger partial charge is 0.350 e. The number of anilines is 1. The van der Waals surface area contributed by atoms with Gasteiger partial charge in [-0.05, 0) is 23.6 Å².